The molecule has 24 heavy (non-hydrogen) atoms. The van der Waals surface area contributed by atoms with Gasteiger partial charge in [0.15, 0.2) is 0 Å². The minimum atomic E-state index is -0.593. The predicted molar refractivity (Wildman–Crippen MR) is 91.0 cm³/mol. The Balaban J connectivity index is 1.88. The Bertz CT molecular complexity index is 545. The monoisotopic (exact) mass is 337 g/mol. The molecule has 1 aromatic rings. The zero-order valence-corrected chi connectivity index (χ0v) is 15.0. The normalized spacial score (nSPS) is 19.8. The lowest BCUT2D eigenvalue weighted by Gasteiger charge is -2.37. The second-order valence-electron chi connectivity index (χ2n) is 7.58. The molecule has 2 unspecified atom stereocenters. The molecule has 0 spiro atoms. The number of halogens is 1. The lowest BCUT2D eigenvalue weighted by atomic mass is 9.87. The minimum Gasteiger partial charge on any atom is -0.459 e. The molecule has 1 N–H and O–H groups in total. The number of ether oxygens (including phenoxy) is 1. The molecule has 1 aliphatic heterocycles. The number of piperidine rings is 1. The molecule has 0 aromatic heterocycles. The SMILES string of the molecule is CC(C(=O)OC(C)(C)C)N1CCC(C(O)c2ccc(F)cc2)CC1. The van der Waals surface area contributed by atoms with Crippen LogP contribution in [0.4, 0.5) is 4.39 Å². The summed E-state index contributed by atoms with van der Waals surface area (Å²) in [6.45, 7) is 8.94. The van der Waals surface area contributed by atoms with E-state index < -0.39 is 11.7 Å². The Morgan fingerprint density at radius 1 is 1.25 bits per heavy atom. The average Bonchev–Trinajstić information content (AvgIpc) is 2.53. The third kappa shape index (κ3) is 5.02. The van der Waals surface area contributed by atoms with Crippen LogP contribution >= 0.6 is 0 Å². The molecule has 1 fully saturated rings. The number of likely N-dealkylation sites (tertiary alicyclic amines) is 1. The van der Waals surface area contributed by atoms with Gasteiger partial charge in [0.1, 0.15) is 17.5 Å². The fraction of sp³-hybridized carbons (Fsp3) is 0.632. The number of esters is 1. The van der Waals surface area contributed by atoms with E-state index in [-0.39, 0.29) is 23.7 Å². The van der Waals surface area contributed by atoms with Crippen LogP contribution in [-0.4, -0.2) is 40.7 Å². The van der Waals surface area contributed by atoms with Gasteiger partial charge in [-0.1, -0.05) is 12.1 Å². The molecule has 0 bridgehead atoms. The molecular formula is C19H28FNO3. The van der Waals surface area contributed by atoms with Gasteiger partial charge >= 0.3 is 5.97 Å². The second kappa shape index (κ2) is 7.62. The smallest absolute Gasteiger partial charge is 0.323 e. The first-order valence-electron chi connectivity index (χ1n) is 8.58. The molecule has 0 saturated carbocycles. The van der Waals surface area contributed by atoms with E-state index in [1.165, 1.54) is 12.1 Å². The van der Waals surface area contributed by atoms with Crippen molar-refractivity contribution in [1.29, 1.82) is 0 Å². The van der Waals surface area contributed by atoms with Gasteiger partial charge in [0, 0.05) is 0 Å². The van der Waals surface area contributed by atoms with Gasteiger partial charge < -0.3 is 9.84 Å². The zero-order valence-electron chi connectivity index (χ0n) is 15.0. The number of carbonyl (C=O) groups is 1. The highest BCUT2D eigenvalue weighted by Crippen LogP contribution is 2.31. The molecule has 1 aromatic carbocycles. The van der Waals surface area contributed by atoms with Gasteiger partial charge in [0.2, 0.25) is 0 Å². The van der Waals surface area contributed by atoms with E-state index in [9.17, 15) is 14.3 Å². The highest BCUT2D eigenvalue weighted by Gasteiger charge is 2.32. The maximum atomic E-state index is 13.0. The molecule has 0 radical (unpaired) electrons. The topological polar surface area (TPSA) is 49.8 Å². The number of hydrogen-bond donors (Lipinski definition) is 1. The van der Waals surface area contributed by atoms with E-state index in [1.54, 1.807) is 12.1 Å². The van der Waals surface area contributed by atoms with Crippen LogP contribution < -0.4 is 0 Å². The fourth-order valence-corrected chi connectivity index (χ4v) is 3.09. The Hall–Kier alpha value is -1.46. The summed E-state index contributed by atoms with van der Waals surface area (Å²) in [6.07, 6.45) is 1.00. The van der Waals surface area contributed by atoms with E-state index >= 15 is 0 Å². The highest BCUT2D eigenvalue weighted by molar-refractivity contribution is 5.75. The summed E-state index contributed by atoms with van der Waals surface area (Å²) in [5, 5.41) is 10.5. The van der Waals surface area contributed by atoms with E-state index in [4.69, 9.17) is 4.74 Å². The van der Waals surface area contributed by atoms with Crippen molar-refractivity contribution in [1.82, 2.24) is 4.90 Å². The summed E-state index contributed by atoms with van der Waals surface area (Å²) in [5.74, 6) is -0.385. The summed E-state index contributed by atoms with van der Waals surface area (Å²) in [7, 11) is 0. The number of aliphatic hydroxyl groups excluding tert-OH is 1. The molecule has 2 atom stereocenters. The van der Waals surface area contributed by atoms with Crippen LogP contribution in [0.5, 0.6) is 0 Å². The molecule has 1 saturated heterocycles. The van der Waals surface area contributed by atoms with Gasteiger partial charge in [-0.2, -0.15) is 0 Å². The molecule has 134 valence electrons. The molecular weight excluding hydrogens is 309 g/mol. The van der Waals surface area contributed by atoms with Gasteiger partial charge in [-0.05, 0) is 77.2 Å². The van der Waals surface area contributed by atoms with Crippen molar-refractivity contribution in [3.05, 3.63) is 35.6 Å². The van der Waals surface area contributed by atoms with Crippen LogP contribution in [0.15, 0.2) is 24.3 Å². The van der Waals surface area contributed by atoms with Crippen LogP contribution in [0.3, 0.4) is 0 Å². The molecule has 5 heteroatoms. The maximum absolute atomic E-state index is 13.0. The first kappa shape index (κ1) is 18.9. The van der Waals surface area contributed by atoms with Crippen molar-refractivity contribution in [3.8, 4) is 0 Å². The van der Waals surface area contributed by atoms with Crippen molar-refractivity contribution in [3.63, 3.8) is 0 Å². The number of rotatable bonds is 4. The third-order valence-electron chi connectivity index (χ3n) is 4.53. The standard InChI is InChI=1S/C19H28FNO3/c1-13(18(23)24-19(2,3)4)21-11-9-15(10-12-21)17(22)14-5-7-16(20)8-6-14/h5-8,13,15,17,22H,9-12H2,1-4H3. The number of benzene rings is 1. The van der Waals surface area contributed by atoms with E-state index in [1.807, 2.05) is 27.7 Å². The largest absolute Gasteiger partial charge is 0.459 e. The van der Waals surface area contributed by atoms with Gasteiger partial charge in [0.25, 0.3) is 0 Å². The number of aliphatic hydroxyl groups is 1. The zero-order chi connectivity index (χ0) is 17.9. The first-order valence-corrected chi connectivity index (χ1v) is 8.58. The molecule has 1 aliphatic rings. The van der Waals surface area contributed by atoms with E-state index in [0.717, 1.165) is 31.5 Å². The Kier molecular flexibility index (Phi) is 5.99. The fourth-order valence-electron chi connectivity index (χ4n) is 3.09. The summed E-state index contributed by atoms with van der Waals surface area (Å²) in [4.78, 5) is 14.3. The number of carbonyl (C=O) groups excluding carboxylic acids is 1. The van der Waals surface area contributed by atoms with Gasteiger partial charge in [-0.25, -0.2) is 4.39 Å². The number of nitrogens with zero attached hydrogens (tertiary/aromatic N) is 1. The summed E-state index contributed by atoms with van der Waals surface area (Å²) in [5.41, 5.74) is 0.262. The predicted octanol–water partition coefficient (Wildman–Crippen LogP) is 3.30. The van der Waals surface area contributed by atoms with Crippen molar-refractivity contribution >= 4 is 5.97 Å². The molecule has 0 amide bonds. The van der Waals surface area contributed by atoms with Gasteiger partial charge in [0.05, 0.1) is 6.10 Å². The Morgan fingerprint density at radius 2 is 1.79 bits per heavy atom. The summed E-state index contributed by atoms with van der Waals surface area (Å²) >= 11 is 0. The van der Waals surface area contributed by atoms with E-state index in [0.29, 0.717) is 0 Å². The van der Waals surface area contributed by atoms with E-state index in [2.05, 4.69) is 4.90 Å². The molecule has 2 rings (SSSR count). The van der Waals surface area contributed by atoms with Crippen molar-refractivity contribution in [2.75, 3.05) is 13.1 Å². The molecule has 4 nitrogen and oxygen atoms in total. The summed E-state index contributed by atoms with van der Waals surface area (Å²) in [6, 6.07) is 5.73. The Morgan fingerprint density at radius 3 is 2.29 bits per heavy atom. The second-order valence-corrected chi connectivity index (χ2v) is 7.58. The lowest BCUT2D eigenvalue weighted by molar-refractivity contribution is -0.161. The van der Waals surface area contributed by atoms with Crippen molar-refractivity contribution in [2.45, 2.75) is 58.3 Å². The van der Waals surface area contributed by atoms with Crippen LogP contribution in [0, 0.1) is 11.7 Å². The quantitative estimate of drug-likeness (QED) is 0.857. The Labute approximate surface area is 143 Å². The third-order valence-corrected chi connectivity index (χ3v) is 4.53. The van der Waals surface area contributed by atoms with Crippen molar-refractivity contribution in [2.24, 2.45) is 5.92 Å². The van der Waals surface area contributed by atoms with Crippen LogP contribution in [0.1, 0.15) is 52.2 Å². The maximum Gasteiger partial charge on any atom is 0.323 e. The van der Waals surface area contributed by atoms with Crippen LogP contribution in [-0.2, 0) is 9.53 Å². The molecule has 0 aliphatic carbocycles. The minimum absolute atomic E-state index is 0.123. The van der Waals surface area contributed by atoms with Crippen LogP contribution in [0.2, 0.25) is 0 Å². The lowest BCUT2D eigenvalue weighted by Crippen LogP contribution is -2.46. The highest BCUT2D eigenvalue weighted by atomic mass is 19.1. The van der Waals surface area contributed by atoms with Gasteiger partial charge in [-0.3, -0.25) is 9.69 Å². The first-order chi connectivity index (χ1) is 11.2. The van der Waals surface area contributed by atoms with Gasteiger partial charge in [-0.15, -0.1) is 0 Å². The summed E-state index contributed by atoms with van der Waals surface area (Å²) < 4.78 is 18.4. The number of hydrogen-bond acceptors (Lipinski definition) is 4. The van der Waals surface area contributed by atoms with Crippen LogP contribution in [0.25, 0.3) is 0 Å². The molecule has 1 heterocycles. The average molecular weight is 337 g/mol. The van der Waals surface area contributed by atoms with Crippen molar-refractivity contribution < 1.29 is 19.0 Å².